The van der Waals surface area contributed by atoms with E-state index in [2.05, 4.69) is 5.32 Å². The summed E-state index contributed by atoms with van der Waals surface area (Å²) >= 11 is 0. The van der Waals surface area contributed by atoms with Gasteiger partial charge in [0.15, 0.2) is 6.61 Å². The summed E-state index contributed by atoms with van der Waals surface area (Å²) in [5.74, 6) is 0.252. The molecule has 0 saturated carbocycles. The number of carbonyl (C=O) groups excluding carboxylic acids is 2. The molecule has 0 heterocycles. The molecule has 190 valence electrons. The zero-order chi connectivity index (χ0) is 26.3. The first-order valence-electron chi connectivity index (χ1n) is 12.4. The van der Waals surface area contributed by atoms with Crippen LogP contribution in [0.15, 0.2) is 72.8 Å². The van der Waals surface area contributed by atoms with Crippen molar-refractivity contribution in [3.8, 4) is 5.75 Å². The number of hydrogen-bond donors (Lipinski definition) is 1. The topological polar surface area (TPSA) is 58.6 Å². The van der Waals surface area contributed by atoms with Crippen molar-refractivity contribution < 1.29 is 14.3 Å². The molecule has 3 aromatic carbocycles. The van der Waals surface area contributed by atoms with Gasteiger partial charge in [0.2, 0.25) is 5.91 Å². The quantitative estimate of drug-likeness (QED) is 0.432. The maximum Gasteiger partial charge on any atom is 0.261 e. The fourth-order valence-electron chi connectivity index (χ4n) is 4.08. The van der Waals surface area contributed by atoms with Crippen molar-refractivity contribution in [3.05, 3.63) is 101 Å². The molecule has 0 spiro atoms. The highest BCUT2D eigenvalue weighted by molar-refractivity contribution is 5.89. The highest BCUT2D eigenvalue weighted by Gasteiger charge is 2.32. The summed E-state index contributed by atoms with van der Waals surface area (Å²) in [5.41, 5.74) is 4.76. The highest BCUT2D eigenvalue weighted by Crippen LogP contribution is 2.20. The van der Waals surface area contributed by atoms with Crippen LogP contribution >= 0.6 is 0 Å². The molecule has 5 nitrogen and oxygen atoms in total. The van der Waals surface area contributed by atoms with Crippen molar-refractivity contribution in [3.63, 3.8) is 0 Å². The number of amides is 2. The highest BCUT2D eigenvalue weighted by atomic mass is 16.5. The summed E-state index contributed by atoms with van der Waals surface area (Å²) in [6.07, 6.45) is 0.407. The molecule has 0 aliphatic carbocycles. The van der Waals surface area contributed by atoms with Gasteiger partial charge in [-0.2, -0.15) is 0 Å². The van der Waals surface area contributed by atoms with E-state index in [-0.39, 0.29) is 18.4 Å². The second-order valence-corrected chi connectivity index (χ2v) is 10.5. The van der Waals surface area contributed by atoms with Crippen LogP contribution in [0.5, 0.6) is 5.75 Å². The van der Waals surface area contributed by atoms with Gasteiger partial charge in [-0.3, -0.25) is 9.59 Å². The van der Waals surface area contributed by atoms with E-state index >= 15 is 0 Å². The maximum absolute atomic E-state index is 13.7. The van der Waals surface area contributed by atoms with Crippen molar-refractivity contribution >= 4 is 11.8 Å². The average molecular weight is 487 g/mol. The molecule has 0 radical (unpaired) electrons. The van der Waals surface area contributed by atoms with Crippen LogP contribution in [0.25, 0.3) is 0 Å². The van der Waals surface area contributed by atoms with Gasteiger partial charge in [0.05, 0.1) is 0 Å². The first kappa shape index (κ1) is 27.0. The summed E-state index contributed by atoms with van der Waals surface area (Å²) in [4.78, 5) is 28.9. The number of rotatable bonds is 9. The van der Waals surface area contributed by atoms with Gasteiger partial charge in [0.25, 0.3) is 5.91 Å². The van der Waals surface area contributed by atoms with Crippen LogP contribution in [0.4, 0.5) is 0 Å². The molecule has 0 saturated heterocycles. The lowest BCUT2D eigenvalue weighted by Gasteiger charge is -2.33. The van der Waals surface area contributed by atoms with Crippen molar-refractivity contribution in [2.75, 3.05) is 6.61 Å². The van der Waals surface area contributed by atoms with E-state index in [9.17, 15) is 9.59 Å². The van der Waals surface area contributed by atoms with Gasteiger partial charge in [-0.05, 0) is 64.3 Å². The largest absolute Gasteiger partial charge is 0.483 e. The number of hydrogen-bond acceptors (Lipinski definition) is 3. The second-order valence-electron chi connectivity index (χ2n) is 10.5. The summed E-state index contributed by atoms with van der Waals surface area (Å²) in [6, 6.07) is 23.0. The fourth-order valence-corrected chi connectivity index (χ4v) is 4.08. The third-order valence-electron chi connectivity index (χ3n) is 5.92. The van der Waals surface area contributed by atoms with Gasteiger partial charge >= 0.3 is 0 Å². The van der Waals surface area contributed by atoms with E-state index in [0.29, 0.717) is 18.7 Å². The van der Waals surface area contributed by atoms with Gasteiger partial charge in [-0.25, -0.2) is 0 Å². The third kappa shape index (κ3) is 7.98. The molecule has 1 atom stereocenters. The lowest BCUT2D eigenvalue weighted by atomic mass is 10.0. The summed E-state index contributed by atoms with van der Waals surface area (Å²) < 4.78 is 5.95. The van der Waals surface area contributed by atoms with E-state index in [1.807, 2.05) is 114 Å². The van der Waals surface area contributed by atoms with Gasteiger partial charge in [-0.15, -0.1) is 0 Å². The minimum absolute atomic E-state index is 0.149. The Bertz CT molecular complexity index is 1160. The number of ether oxygens (including phenoxy) is 1. The monoisotopic (exact) mass is 486 g/mol. The average Bonchev–Trinajstić information content (AvgIpc) is 2.81. The Morgan fingerprint density at radius 2 is 1.50 bits per heavy atom. The lowest BCUT2D eigenvalue weighted by Crippen LogP contribution is -2.55. The van der Waals surface area contributed by atoms with Crippen LogP contribution < -0.4 is 10.1 Å². The van der Waals surface area contributed by atoms with Crippen LogP contribution in [0.3, 0.4) is 0 Å². The first-order valence-corrected chi connectivity index (χ1v) is 12.4. The van der Waals surface area contributed by atoms with Gasteiger partial charge in [0, 0.05) is 18.5 Å². The van der Waals surface area contributed by atoms with Crippen LogP contribution in [0, 0.1) is 20.8 Å². The first-order chi connectivity index (χ1) is 17.0. The predicted octanol–water partition coefficient (Wildman–Crippen LogP) is 5.55. The number of aryl methyl sites for hydroxylation is 3. The van der Waals surface area contributed by atoms with E-state index in [1.165, 1.54) is 0 Å². The molecule has 3 rings (SSSR count). The molecule has 0 unspecified atom stereocenters. The Balaban J connectivity index is 1.93. The zero-order valence-corrected chi connectivity index (χ0v) is 22.3. The summed E-state index contributed by atoms with van der Waals surface area (Å²) in [7, 11) is 0. The molecule has 5 heteroatoms. The molecular formula is C31H38N2O3. The minimum Gasteiger partial charge on any atom is -0.483 e. The number of carbonyl (C=O) groups is 2. The minimum atomic E-state index is -0.692. The Kier molecular flexibility index (Phi) is 8.92. The van der Waals surface area contributed by atoms with Crippen molar-refractivity contribution in [2.24, 2.45) is 0 Å². The Labute approximate surface area is 215 Å². The number of benzene rings is 3. The zero-order valence-electron chi connectivity index (χ0n) is 22.3. The SMILES string of the molecule is Cc1ccc(CN(C(=O)COc2ccc(C)cc2C)[C@H](Cc2ccccc2)C(=O)NC(C)(C)C)cc1. The van der Waals surface area contributed by atoms with Crippen molar-refractivity contribution in [2.45, 2.75) is 66.1 Å². The van der Waals surface area contributed by atoms with E-state index in [0.717, 1.165) is 27.8 Å². The van der Waals surface area contributed by atoms with Crippen LogP contribution in [-0.4, -0.2) is 34.9 Å². The van der Waals surface area contributed by atoms with Crippen LogP contribution in [0.2, 0.25) is 0 Å². The third-order valence-corrected chi connectivity index (χ3v) is 5.92. The van der Waals surface area contributed by atoms with Gasteiger partial charge in [0.1, 0.15) is 11.8 Å². The number of nitrogens with zero attached hydrogens (tertiary/aromatic N) is 1. The molecule has 0 aliphatic rings. The second kappa shape index (κ2) is 11.9. The molecule has 1 N–H and O–H groups in total. The molecule has 3 aromatic rings. The predicted molar refractivity (Wildman–Crippen MR) is 145 cm³/mol. The number of nitrogens with one attached hydrogen (secondary N) is 1. The summed E-state index contributed by atoms with van der Waals surface area (Å²) in [6.45, 7) is 12.0. The fraction of sp³-hybridized carbons (Fsp3) is 0.355. The Hall–Kier alpha value is -3.60. The molecular weight excluding hydrogens is 448 g/mol. The smallest absolute Gasteiger partial charge is 0.261 e. The standard InChI is InChI=1S/C31H38N2O3/c1-22-12-15-26(16-13-22)20-33(29(34)21-36-28-17-14-23(2)18-24(28)3)27(30(35)32-31(4,5)6)19-25-10-8-7-9-11-25/h7-18,27H,19-21H2,1-6H3,(H,32,35)/t27-/m1/s1. The van der Waals surface area contributed by atoms with Crippen LogP contribution in [0.1, 0.15) is 48.6 Å². The molecule has 0 fully saturated rings. The van der Waals surface area contributed by atoms with Crippen molar-refractivity contribution in [1.29, 1.82) is 0 Å². The van der Waals surface area contributed by atoms with E-state index < -0.39 is 11.6 Å². The normalized spacial score (nSPS) is 12.1. The summed E-state index contributed by atoms with van der Waals surface area (Å²) in [5, 5.41) is 3.09. The molecule has 36 heavy (non-hydrogen) atoms. The van der Waals surface area contributed by atoms with E-state index in [4.69, 9.17) is 4.74 Å². The molecule has 0 aliphatic heterocycles. The molecule has 0 aromatic heterocycles. The lowest BCUT2D eigenvalue weighted by molar-refractivity contribution is -0.143. The van der Waals surface area contributed by atoms with Gasteiger partial charge in [-0.1, -0.05) is 77.9 Å². The Morgan fingerprint density at radius 1 is 0.861 bits per heavy atom. The van der Waals surface area contributed by atoms with E-state index in [1.54, 1.807) is 4.90 Å². The van der Waals surface area contributed by atoms with Crippen LogP contribution in [-0.2, 0) is 22.6 Å². The van der Waals surface area contributed by atoms with Gasteiger partial charge < -0.3 is 15.0 Å². The maximum atomic E-state index is 13.7. The molecule has 0 bridgehead atoms. The van der Waals surface area contributed by atoms with Crippen molar-refractivity contribution in [1.82, 2.24) is 10.2 Å². The Morgan fingerprint density at radius 3 is 2.11 bits per heavy atom. The molecule has 2 amide bonds.